The molecule has 1 aromatic heterocycles. The molecular formula is C19H22N4O3. The van der Waals surface area contributed by atoms with Crippen LogP contribution in [0.1, 0.15) is 35.0 Å². The van der Waals surface area contributed by atoms with Crippen LogP contribution >= 0.6 is 0 Å². The van der Waals surface area contributed by atoms with Gasteiger partial charge in [0.15, 0.2) is 0 Å². The first-order valence-corrected chi connectivity index (χ1v) is 9.03. The van der Waals surface area contributed by atoms with Crippen molar-refractivity contribution < 1.29 is 14.4 Å². The number of nitrogens with one attached hydrogen (secondary N) is 3. The highest BCUT2D eigenvalue weighted by Crippen LogP contribution is 2.32. The van der Waals surface area contributed by atoms with Gasteiger partial charge < -0.3 is 15.6 Å². The summed E-state index contributed by atoms with van der Waals surface area (Å²) in [5.74, 6) is 0.194. The third-order valence-corrected chi connectivity index (χ3v) is 5.25. The minimum Gasteiger partial charge on any atom is -0.358 e. The first-order chi connectivity index (χ1) is 12.5. The van der Waals surface area contributed by atoms with Crippen LogP contribution in [0.3, 0.4) is 0 Å². The predicted octanol–water partition coefficient (Wildman–Crippen LogP) is 1.57. The minimum absolute atomic E-state index is 0.0282. The van der Waals surface area contributed by atoms with Crippen LogP contribution in [0, 0.1) is 5.92 Å². The minimum atomic E-state index is -0.404. The number of nitrogens with zero attached hydrogens (tertiary/aromatic N) is 1. The van der Waals surface area contributed by atoms with Crippen molar-refractivity contribution >= 4 is 28.7 Å². The summed E-state index contributed by atoms with van der Waals surface area (Å²) in [6.45, 7) is 2.70. The number of fused-ring (bicyclic) bond motifs is 3. The largest absolute Gasteiger partial charge is 0.358 e. The van der Waals surface area contributed by atoms with Crippen molar-refractivity contribution in [3.63, 3.8) is 0 Å². The second-order valence-electron chi connectivity index (χ2n) is 7.15. The summed E-state index contributed by atoms with van der Waals surface area (Å²) in [5, 5.41) is 6.37. The van der Waals surface area contributed by atoms with E-state index in [0.717, 1.165) is 28.6 Å². The van der Waals surface area contributed by atoms with Gasteiger partial charge in [-0.05, 0) is 48.9 Å². The van der Waals surface area contributed by atoms with Gasteiger partial charge in [-0.15, -0.1) is 0 Å². The zero-order valence-electron chi connectivity index (χ0n) is 14.7. The average molecular weight is 354 g/mol. The molecule has 0 radical (unpaired) electrons. The lowest BCUT2D eigenvalue weighted by Gasteiger charge is -2.18. The predicted molar refractivity (Wildman–Crippen MR) is 96.9 cm³/mol. The molecular weight excluding hydrogens is 332 g/mol. The number of hydrogen-bond acceptors (Lipinski definition) is 3. The van der Waals surface area contributed by atoms with E-state index in [0.29, 0.717) is 11.5 Å². The van der Waals surface area contributed by atoms with Crippen LogP contribution in [0.5, 0.6) is 0 Å². The number of amides is 4. The second-order valence-corrected chi connectivity index (χ2v) is 7.15. The van der Waals surface area contributed by atoms with Crippen molar-refractivity contribution in [2.45, 2.75) is 26.2 Å². The zero-order chi connectivity index (χ0) is 18.3. The Morgan fingerprint density at radius 3 is 2.96 bits per heavy atom. The van der Waals surface area contributed by atoms with Gasteiger partial charge in [-0.1, -0.05) is 6.92 Å². The number of aromatic amines is 1. The summed E-state index contributed by atoms with van der Waals surface area (Å²) in [6, 6.07) is 5.28. The van der Waals surface area contributed by atoms with Gasteiger partial charge in [0.1, 0.15) is 0 Å². The van der Waals surface area contributed by atoms with Gasteiger partial charge in [0, 0.05) is 35.2 Å². The third kappa shape index (κ3) is 2.94. The van der Waals surface area contributed by atoms with E-state index in [1.807, 2.05) is 12.1 Å². The summed E-state index contributed by atoms with van der Waals surface area (Å²) in [6.07, 6.45) is 3.28. The number of carbonyl (C=O) groups excluding carboxylic acids is 3. The first kappa shape index (κ1) is 16.6. The van der Waals surface area contributed by atoms with E-state index >= 15 is 0 Å². The van der Waals surface area contributed by atoms with Crippen LogP contribution in [-0.4, -0.2) is 47.4 Å². The number of imide groups is 1. The fourth-order valence-corrected chi connectivity index (χ4v) is 3.80. The van der Waals surface area contributed by atoms with E-state index in [9.17, 15) is 14.4 Å². The van der Waals surface area contributed by atoms with Crippen LogP contribution in [0.2, 0.25) is 0 Å². The van der Waals surface area contributed by atoms with Crippen LogP contribution < -0.4 is 10.6 Å². The Labute approximate surface area is 151 Å². The third-order valence-electron chi connectivity index (χ3n) is 5.25. The molecule has 1 fully saturated rings. The lowest BCUT2D eigenvalue weighted by molar-refractivity contribution is -0.124. The molecule has 2 heterocycles. The Balaban J connectivity index is 1.46. The summed E-state index contributed by atoms with van der Waals surface area (Å²) in [4.78, 5) is 40.1. The van der Waals surface area contributed by atoms with E-state index in [4.69, 9.17) is 0 Å². The summed E-state index contributed by atoms with van der Waals surface area (Å²) >= 11 is 0. The molecule has 7 nitrogen and oxygen atoms in total. The molecule has 0 spiro atoms. The van der Waals surface area contributed by atoms with Crippen molar-refractivity contribution in [1.29, 1.82) is 0 Å². The highest BCUT2D eigenvalue weighted by atomic mass is 16.2. The maximum Gasteiger partial charge on any atom is 0.324 e. The number of hydrogen-bond donors (Lipinski definition) is 3. The van der Waals surface area contributed by atoms with Gasteiger partial charge in [-0.3, -0.25) is 14.5 Å². The number of rotatable bonds is 4. The lowest BCUT2D eigenvalue weighted by atomic mass is 9.87. The van der Waals surface area contributed by atoms with Gasteiger partial charge in [0.05, 0.1) is 6.54 Å². The topological polar surface area (TPSA) is 94.3 Å². The van der Waals surface area contributed by atoms with Gasteiger partial charge in [0.25, 0.3) is 5.91 Å². The average Bonchev–Trinajstić information content (AvgIpc) is 3.15. The molecule has 1 aliphatic heterocycles. The number of aryl methyl sites for hydroxylation is 1. The number of H-pyrrole nitrogens is 1. The molecule has 1 atom stereocenters. The molecule has 1 aromatic carbocycles. The number of benzene rings is 1. The molecule has 0 bridgehead atoms. The van der Waals surface area contributed by atoms with Crippen molar-refractivity contribution in [2.75, 3.05) is 19.6 Å². The fraction of sp³-hybridized carbons (Fsp3) is 0.421. The molecule has 3 N–H and O–H groups in total. The van der Waals surface area contributed by atoms with Crippen molar-refractivity contribution in [3.05, 3.63) is 35.0 Å². The van der Waals surface area contributed by atoms with Crippen LogP contribution in [0.4, 0.5) is 4.79 Å². The Morgan fingerprint density at radius 2 is 2.19 bits per heavy atom. The molecule has 2 aromatic rings. The van der Waals surface area contributed by atoms with E-state index in [1.54, 1.807) is 6.07 Å². The summed E-state index contributed by atoms with van der Waals surface area (Å²) in [7, 11) is 0. The molecule has 0 saturated carbocycles. The van der Waals surface area contributed by atoms with E-state index in [2.05, 4.69) is 22.5 Å². The van der Waals surface area contributed by atoms with Crippen LogP contribution in [0.15, 0.2) is 18.2 Å². The Morgan fingerprint density at radius 1 is 1.35 bits per heavy atom. The first-order valence-electron chi connectivity index (χ1n) is 9.03. The normalized spacial score (nSPS) is 19.6. The molecule has 26 heavy (non-hydrogen) atoms. The van der Waals surface area contributed by atoms with Gasteiger partial charge in [-0.2, -0.15) is 0 Å². The Kier molecular flexibility index (Phi) is 4.14. The molecule has 1 saturated heterocycles. The summed E-state index contributed by atoms with van der Waals surface area (Å²) < 4.78 is 0. The molecule has 4 rings (SSSR count). The van der Waals surface area contributed by atoms with E-state index < -0.39 is 6.03 Å². The molecule has 1 aliphatic carbocycles. The molecule has 7 heteroatoms. The molecule has 1 unspecified atom stereocenters. The molecule has 2 aliphatic rings. The van der Waals surface area contributed by atoms with E-state index in [1.165, 1.54) is 17.7 Å². The highest BCUT2D eigenvalue weighted by molar-refractivity contribution is 6.02. The Bertz CT molecular complexity index is 886. The molecule has 136 valence electrons. The van der Waals surface area contributed by atoms with Crippen molar-refractivity contribution in [1.82, 2.24) is 20.5 Å². The lowest BCUT2D eigenvalue weighted by Crippen LogP contribution is -2.38. The zero-order valence-corrected chi connectivity index (χ0v) is 14.7. The number of aromatic nitrogens is 1. The maximum atomic E-state index is 12.5. The van der Waals surface area contributed by atoms with E-state index in [-0.39, 0.29) is 31.4 Å². The second kappa shape index (κ2) is 6.48. The van der Waals surface area contributed by atoms with Crippen molar-refractivity contribution in [3.8, 4) is 0 Å². The quantitative estimate of drug-likeness (QED) is 0.728. The maximum absolute atomic E-state index is 12.5. The smallest absolute Gasteiger partial charge is 0.324 e. The van der Waals surface area contributed by atoms with Gasteiger partial charge in [0.2, 0.25) is 5.91 Å². The fourth-order valence-electron chi connectivity index (χ4n) is 3.80. The molecule has 4 amide bonds. The van der Waals surface area contributed by atoms with Crippen LogP contribution in [-0.2, 0) is 17.6 Å². The van der Waals surface area contributed by atoms with Gasteiger partial charge in [-0.25, -0.2) is 4.79 Å². The number of urea groups is 1. The SMILES string of the molecule is CC1CCc2[nH]c3ccc(C(=O)NCCN4C(=O)CNC4=O)cc3c2C1. The standard InChI is InChI=1S/C19H22N4O3/c1-11-2-4-15-13(8-11)14-9-12(3-5-16(14)22-15)18(25)20-6-7-23-17(24)10-21-19(23)26/h3,5,9,11,22H,2,4,6-8,10H2,1H3,(H,20,25)(H,21,26). The van der Waals surface area contributed by atoms with Crippen molar-refractivity contribution in [2.24, 2.45) is 5.92 Å². The Hall–Kier alpha value is -2.83. The highest BCUT2D eigenvalue weighted by Gasteiger charge is 2.27. The monoisotopic (exact) mass is 354 g/mol. The summed E-state index contributed by atoms with van der Waals surface area (Å²) in [5.41, 5.74) is 4.27. The van der Waals surface area contributed by atoms with Crippen LogP contribution in [0.25, 0.3) is 10.9 Å². The van der Waals surface area contributed by atoms with Gasteiger partial charge >= 0.3 is 6.03 Å². The number of carbonyl (C=O) groups is 3.